The summed E-state index contributed by atoms with van der Waals surface area (Å²) in [7, 11) is 0. The van der Waals surface area contributed by atoms with Crippen LogP contribution in [0.25, 0.3) is 0 Å². The van der Waals surface area contributed by atoms with Gasteiger partial charge in [-0.2, -0.15) is 0 Å². The topological polar surface area (TPSA) is 0 Å². The highest BCUT2D eigenvalue weighted by Crippen LogP contribution is 2.32. The molecule has 0 radical (unpaired) electrons. The van der Waals surface area contributed by atoms with Gasteiger partial charge in [0.2, 0.25) is 5.77 Å². The number of benzene rings is 4. The highest BCUT2D eigenvalue weighted by Gasteiger charge is 2.52. The van der Waals surface area contributed by atoms with Gasteiger partial charge < -0.3 is 0 Å². The third-order valence-corrected chi connectivity index (χ3v) is 22.7. The standard InChI is InChI=1S/C44H78IS2.C24BF20/c1-3-5-7-9-11-13-15-17-19-21-23-25-27-29-31-33-35-41-37-39-43(46-41)45-44-40-38-42(47-44)36-34-32-30-28-26-24-22-20-18-16-14-12-10-8-6-4-2;26-5-1(6(27)14(35)21(42)13(5)34)25(2-7(28)15(36)22(43)16(37)8(2)29,3-9(30)17(38)23(44)18(39)10(3)31)4-11(32)19(40)24(45)20(41)12(4)33/h37-40H,3-36H2,1-2H3;/q+1;-1. The van der Waals surface area contributed by atoms with Crippen LogP contribution in [0.2, 0.25) is 0 Å². The van der Waals surface area contributed by atoms with Gasteiger partial charge >= 0.3 is 21.2 Å². The molecular weight excluding hydrogens is 1400 g/mol. The second-order valence-electron chi connectivity index (χ2n) is 23.4. The van der Waals surface area contributed by atoms with Crippen LogP contribution in [-0.4, -0.2) is 6.15 Å². The smallest absolute Gasteiger partial charge is 0.207 e. The molecule has 24 heteroatoms. The Bertz CT molecular complexity index is 2820. The van der Waals surface area contributed by atoms with E-state index < -0.39 is 144 Å². The molecule has 512 valence electrons. The molecule has 0 saturated heterocycles. The van der Waals surface area contributed by atoms with E-state index in [1.165, 1.54) is 218 Å². The van der Waals surface area contributed by atoms with Gasteiger partial charge in [-0.3, -0.25) is 0 Å². The average molecular weight is 1480 g/mol. The van der Waals surface area contributed by atoms with Gasteiger partial charge in [-0.05, 0) is 37.8 Å². The Hall–Kier alpha value is -4.33. The molecule has 0 nitrogen and oxygen atoms in total. The first-order chi connectivity index (χ1) is 44.0. The lowest BCUT2D eigenvalue weighted by Crippen LogP contribution is -3.61. The van der Waals surface area contributed by atoms with Crippen LogP contribution in [0.5, 0.6) is 0 Å². The highest BCUT2D eigenvalue weighted by atomic mass is 127. The van der Waals surface area contributed by atoms with Crippen molar-refractivity contribution in [1.29, 1.82) is 0 Å². The van der Waals surface area contributed by atoms with E-state index in [0.29, 0.717) is 0 Å². The van der Waals surface area contributed by atoms with Crippen LogP contribution in [0, 0.1) is 122 Å². The van der Waals surface area contributed by atoms with Crippen molar-refractivity contribution in [2.45, 2.75) is 232 Å². The molecule has 0 fully saturated rings. The fourth-order valence-electron chi connectivity index (χ4n) is 11.7. The van der Waals surface area contributed by atoms with E-state index in [9.17, 15) is 52.7 Å². The van der Waals surface area contributed by atoms with Gasteiger partial charge in [0.05, 0.1) is 0 Å². The minimum absolute atomic E-state index is 0.0249. The van der Waals surface area contributed by atoms with Crippen LogP contribution in [0.4, 0.5) is 87.8 Å². The molecule has 6 aromatic rings. The molecule has 0 amide bonds. The molecule has 4 aromatic carbocycles. The zero-order valence-corrected chi connectivity index (χ0v) is 55.5. The van der Waals surface area contributed by atoms with E-state index in [2.05, 4.69) is 60.8 Å². The Morgan fingerprint density at radius 2 is 0.391 bits per heavy atom. The van der Waals surface area contributed by atoms with Gasteiger partial charge in [-0.1, -0.05) is 229 Å². The first-order valence-electron chi connectivity index (χ1n) is 32.1. The SMILES string of the molecule is CCCCCCCCCCCCCCCCCCc1ccc([I+]c2ccc(CCCCCCCCCCCCCCCCCC)s2)s1.Fc1c(F)c(F)c([B-](c2c(F)c(F)c(F)c(F)c2F)(c2c(F)c(F)c(F)c(F)c2F)c2c(F)c(F)c(F)c(F)c2F)c(F)c1F. The Morgan fingerprint density at radius 3 is 0.576 bits per heavy atom. The molecule has 0 aliphatic carbocycles. The zero-order chi connectivity index (χ0) is 67.7. The van der Waals surface area contributed by atoms with Crippen molar-refractivity contribution in [1.82, 2.24) is 0 Å². The molecule has 2 heterocycles. The summed E-state index contributed by atoms with van der Waals surface area (Å²) in [6.07, 6.45) is 41.9. The summed E-state index contributed by atoms with van der Waals surface area (Å²) in [6.45, 7) is 4.62. The lowest BCUT2D eigenvalue weighted by molar-refractivity contribution is -0.585. The van der Waals surface area contributed by atoms with Crippen molar-refractivity contribution < 1.29 is 109 Å². The maximum Gasteiger partial charge on any atom is 0.381 e. The maximum absolute atomic E-state index is 15.4. The lowest BCUT2D eigenvalue weighted by Gasteiger charge is -2.44. The number of hydrogen-bond acceptors (Lipinski definition) is 2. The van der Waals surface area contributed by atoms with Crippen molar-refractivity contribution in [3.05, 3.63) is 156 Å². The minimum Gasteiger partial charge on any atom is -0.207 e. The molecule has 92 heavy (non-hydrogen) atoms. The van der Waals surface area contributed by atoms with Crippen molar-refractivity contribution in [2.75, 3.05) is 0 Å². The summed E-state index contributed by atoms with van der Waals surface area (Å²) in [5, 5.41) is 0. The van der Waals surface area contributed by atoms with E-state index in [1.54, 1.807) is 15.5 Å². The molecule has 0 saturated carbocycles. The second kappa shape index (κ2) is 39.6. The van der Waals surface area contributed by atoms with E-state index in [1.807, 2.05) is 0 Å². The second-order valence-corrected chi connectivity index (χ2v) is 30.1. The van der Waals surface area contributed by atoms with E-state index in [4.69, 9.17) is 0 Å². The zero-order valence-electron chi connectivity index (χ0n) is 51.7. The Balaban J connectivity index is 0.000000334. The van der Waals surface area contributed by atoms with Crippen LogP contribution in [-0.2, 0) is 12.8 Å². The van der Waals surface area contributed by atoms with Gasteiger partial charge in [-0.25, -0.2) is 87.8 Å². The molecule has 0 unspecified atom stereocenters. The van der Waals surface area contributed by atoms with Crippen molar-refractivity contribution in [3.63, 3.8) is 0 Å². The van der Waals surface area contributed by atoms with E-state index in [-0.39, 0.29) is 21.2 Å². The van der Waals surface area contributed by atoms with Gasteiger partial charge in [0.25, 0.3) is 0 Å². The van der Waals surface area contributed by atoms with Crippen LogP contribution >= 0.6 is 22.7 Å². The molecule has 0 spiro atoms. The Kier molecular flexibility index (Phi) is 33.8. The third-order valence-electron chi connectivity index (χ3n) is 16.7. The number of halogens is 21. The summed E-state index contributed by atoms with van der Waals surface area (Å²) >= 11 is 4.27. The summed E-state index contributed by atoms with van der Waals surface area (Å²) in [5.74, 6) is -71.4. The van der Waals surface area contributed by atoms with E-state index >= 15 is 35.1 Å². The van der Waals surface area contributed by atoms with E-state index in [0.717, 1.165) is 0 Å². The fourth-order valence-corrected chi connectivity index (χ4v) is 18.4. The quantitative estimate of drug-likeness (QED) is 0.00898. The predicted molar refractivity (Wildman–Crippen MR) is 322 cm³/mol. The van der Waals surface area contributed by atoms with Gasteiger partial charge in [-0.15, -0.1) is 21.9 Å². The summed E-state index contributed by atoms with van der Waals surface area (Å²) < 4.78 is 297. The number of rotatable bonds is 40. The molecule has 0 N–H and O–H groups in total. The fraction of sp³-hybridized carbons (Fsp3) is 0.529. The largest absolute Gasteiger partial charge is 0.381 e. The normalized spacial score (nSPS) is 11.8. The third kappa shape index (κ3) is 20.4. The summed E-state index contributed by atoms with van der Waals surface area (Å²) in [6, 6.07) is 9.79. The molecule has 2 aromatic heterocycles. The van der Waals surface area contributed by atoms with Gasteiger partial charge in [0.1, 0.15) is 52.7 Å². The van der Waals surface area contributed by atoms with Crippen molar-refractivity contribution in [3.8, 4) is 0 Å². The number of hydrogen-bond donors (Lipinski definition) is 0. The highest BCUT2D eigenvalue weighted by molar-refractivity contribution is 7.20. The predicted octanol–water partition coefficient (Wildman–Crippen LogP) is 19.4. The first kappa shape index (κ1) is 78.4. The maximum atomic E-state index is 15.4. The number of aryl methyl sites for hydroxylation is 2. The van der Waals surface area contributed by atoms with Gasteiger partial charge in [0.15, 0.2) is 69.8 Å². The molecule has 0 atom stereocenters. The van der Waals surface area contributed by atoms with Crippen LogP contribution in [0.15, 0.2) is 24.3 Å². The van der Waals surface area contributed by atoms with Crippen LogP contribution < -0.4 is 43.1 Å². The van der Waals surface area contributed by atoms with Crippen molar-refractivity contribution >= 4 is 50.7 Å². The van der Waals surface area contributed by atoms with Gasteiger partial charge in [0, 0.05) is 21.9 Å². The summed E-state index contributed by atoms with van der Waals surface area (Å²) in [4.78, 5) is 3.27. The first-order valence-corrected chi connectivity index (χ1v) is 35.9. The molecule has 0 aliphatic heterocycles. The monoisotopic (exact) mass is 1480 g/mol. The molecule has 0 aliphatic rings. The lowest BCUT2D eigenvalue weighted by atomic mass is 9.12. The Morgan fingerprint density at radius 1 is 0.228 bits per heavy atom. The molecule has 6 rings (SSSR count). The minimum atomic E-state index is -7.22. The number of unbranched alkanes of at least 4 members (excludes halogenated alkanes) is 30. The number of thiophene rings is 2. The van der Waals surface area contributed by atoms with Crippen LogP contribution in [0.3, 0.4) is 0 Å². The Labute approximate surface area is 544 Å². The molecule has 0 bridgehead atoms. The van der Waals surface area contributed by atoms with Crippen LogP contribution in [0.1, 0.15) is 229 Å². The summed E-state index contributed by atoms with van der Waals surface area (Å²) in [5.41, 5.74) is -14.3. The van der Waals surface area contributed by atoms with Crippen molar-refractivity contribution in [2.24, 2.45) is 0 Å². The average Bonchev–Trinajstić information content (AvgIpc) is 0.779. The molecular formula is C68H78BF20IS2.